The number of aromatic nitrogens is 5. The first-order valence-corrected chi connectivity index (χ1v) is 13.8. The number of rotatable bonds is 11. The number of tetrazole rings is 1. The van der Waals surface area contributed by atoms with Crippen molar-refractivity contribution in [2.75, 3.05) is 21.0 Å². The molecule has 0 amide bonds. The van der Waals surface area contributed by atoms with Crippen LogP contribution in [0.25, 0.3) is 10.9 Å². The molecule has 1 atom stereocenters. The van der Waals surface area contributed by atoms with Crippen molar-refractivity contribution in [3.8, 4) is 23.0 Å². The van der Waals surface area contributed by atoms with E-state index in [1.165, 1.54) is 0 Å². The van der Waals surface area contributed by atoms with Gasteiger partial charge in [-0.25, -0.2) is 4.68 Å². The summed E-state index contributed by atoms with van der Waals surface area (Å²) >= 11 is 0. The van der Waals surface area contributed by atoms with Crippen LogP contribution in [0.3, 0.4) is 0 Å². The van der Waals surface area contributed by atoms with E-state index in [0.29, 0.717) is 43.2 Å². The molecule has 5 aromatic rings. The molecule has 0 radical (unpaired) electrons. The fourth-order valence-electron chi connectivity index (χ4n) is 5.31. The van der Waals surface area contributed by atoms with Gasteiger partial charge in [-0.05, 0) is 76.5 Å². The van der Waals surface area contributed by atoms with Gasteiger partial charge in [-0.15, -0.1) is 5.10 Å². The maximum atomic E-state index is 13.3. The Morgan fingerprint density at radius 2 is 1.69 bits per heavy atom. The van der Waals surface area contributed by atoms with Crippen LogP contribution >= 0.6 is 0 Å². The van der Waals surface area contributed by atoms with Gasteiger partial charge < -0.3 is 23.9 Å². The highest BCUT2D eigenvalue weighted by molar-refractivity contribution is 5.80. The number of hydrogen-bond donors (Lipinski definition) is 1. The lowest BCUT2D eigenvalue weighted by atomic mass is 10.1. The largest absolute Gasteiger partial charge is 0.497 e. The fourth-order valence-corrected chi connectivity index (χ4v) is 5.31. The number of fused-ring (bicyclic) bond motifs is 2. The van der Waals surface area contributed by atoms with Gasteiger partial charge in [0.25, 0.3) is 5.56 Å². The van der Waals surface area contributed by atoms with Gasteiger partial charge in [0, 0.05) is 29.6 Å². The van der Waals surface area contributed by atoms with Gasteiger partial charge in [0.05, 0.1) is 26.8 Å². The number of nitrogens with zero attached hydrogens (tertiary/aromatic N) is 5. The van der Waals surface area contributed by atoms with Gasteiger partial charge in [-0.2, -0.15) is 0 Å². The third-order valence-corrected chi connectivity index (χ3v) is 7.50. The predicted octanol–water partition coefficient (Wildman–Crippen LogP) is 4.46. The molecule has 0 saturated carbocycles. The lowest BCUT2D eigenvalue weighted by Gasteiger charge is -2.30. The summed E-state index contributed by atoms with van der Waals surface area (Å²) in [7, 11) is 3.27. The minimum Gasteiger partial charge on any atom is -0.497 e. The first-order chi connectivity index (χ1) is 20.5. The van der Waals surface area contributed by atoms with E-state index in [2.05, 4.69) is 32.3 Å². The number of benzene rings is 3. The second kappa shape index (κ2) is 11.9. The van der Waals surface area contributed by atoms with Crippen LogP contribution in [0.1, 0.15) is 41.9 Å². The normalized spacial score (nSPS) is 13.0. The first kappa shape index (κ1) is 27.3. The van der Waals surface area contributed by atoms with Crippen molar-refractivity contribution in [2.45, 2.75) is 39.0 Å². The smallest absolute Gasteiger partial charge is 0.252 e. The fraction of sp³-hybridized carbons (Fsp3) is 0.290. The van der Waals surface area contributed by atoms with E-state index in [1.54, 1.807) is 14.2 Å². The van der Waals surface area contributed by atoms with Crippen LogP contribution in [0.2, 0.25) is 0 Å². The number of ether oxygens (including phenoxy) is 4. The maximum Gasteiger partial charge on any atom is 0.252 e. The minimum atomic E-state index is -0.191. The van der Waals surface area contributed by atoms with Crippen LogP contribution in [0.4, 0.5) is 0 Å². The molecule has 2 aromatic heterocycles. The van der Waals surface area contributed by atoms with Crippen LogP contribution in [0, 0.1) is 0 Å². The van der Waals surface area contributed by atoms with Crippen molar-refractivity contribution >= 4 is 10.9 Å². The van der Waals surface area contributed by atoms with Crippen molar-refractivity contribution in [3.63, 3.8) is 0 Å². The molecule has 0 spiro atoms. The Morgan fingerprint density at radius 1 is 0.929 bits per heavy atom. The second-order valence-corrected chi connectivity index (χ2v) is 10.1. The SMILES string of the molecule is CC[C@@H](c1nnnn1Cc1ccc(OC)cc1)N(Cc1ccc2c(c1)OCO2)Cc1cc2cc(OC)ccc2[nH]c1=O. The molecule has 11 nitrogen and oxygen atoms in total. The number of nitrogens with one attached hydrogen (secondary N) is 1. The van der Waals surface area contributed by atoms with Crippen molar-refractivity contribution in [1.29, 1.82) is 0 Å². The van der Waals surface area contributed by atoms with Crippen LogP contribution in [0.15, 0.2) is 71.5 Å². The van der Waals surface area contributed by atoms with Crippen LogP contribution in [-0.2, 0) is 19.6 Å². The average Bonchev–Trinajstić information content (AvgIpc) is 3.67. The minimum absolute atomic E-state index is 0.143. The summed E-state index contributed by atoms with van der Waals surface area (Å²) in [6.07, 6.45) is 0.715. The summed E-state index contributed by atoms with van der Waals surface area (Å²) in [6, 6.07) is 21.1. The van der Waals surface area contributed by atoms with E-state index in [1.807, 2.05) is 71.4 Å². The highest BCUT2D eigenvalue weighted by Crippen LogP contribution is 2.34. The Hall–Kier alpha value is -4.90. The van der Waals surface area contributed by atoms with Gasteiger partial charge in [0.15, 0.2) is 17.3 Å². The quantitative estimate of drug-likeness (QED) is 0.246. The standard InChI is InChI=1S/C31H32N6O5/c1-4-27(30-33-34-35-37(30)17-20-5-8-24(39-2)9-6-20)36(16-21-7-12-28-29(13-21)42-19-41-28)18-23-14-22-15-25(40-3)10-11-26(22)32-31(23)38/h5-15,27H,4,16-19H2,1-3H3,(H,32,38)/t27-/m0/s1. The molecule has 3 aromatic carbocycles. The van der Waals surface area contributed by atoms with E-state index >= 15 is 0 Å². The van der Waals surface area contributed by atoms with E-state index in [4.69, 9.17) is 18.9 Å². The van der Waals surface area contributed by atoms with Gasteiger partial charge in [0.2, 0.25) is 6.79 Å². The van der Waals surface area contributed by atoms with Gasteiger partial charge in [-0.1, -0.05) is 25.1 Å². The van der Waals surface area contributed by atoms with E-state index in [-0.39, 0.29) is 18.4 Å². The summed E-state index contributed by atoms with van der Waals surface area (Å²) in [5.74, 6) is 3.66. The lowest BCUT2D eigenvalue weighted by molar-refractivity contribution is 0.161. The second-order valence-electron chi connectivity index (χ2n) is 10.1. The molecule has 0 fully saturated rings. The number of pyridine rings is 1. The molecule has 0 saturated heterocycles. The molecule has 1 N–H and O–H groups in total. The molecule has 6 rings (SSSR count). The van der Waals surface area contributed by atoms with Crippen molar-refractivity contribution < 1.29 is 18.9 Å². The molecule has 42 heavy (non-hydrogen) atoms. The highest BCUT2D eigenvalue weighted by atomic mass is 16.7. The summed E-state index contributed by atoms with van der Waals surface area (Å²) < 4.78 is 23.7. The van der Waals surface area contributed by atoms with Gasteiger partial charge in [0.1, 0.15) is 11.5 Å². The summed E-state index contributed by atoms with van der Waals surface area (Å²) in [5, 5.41) is 13.7. The lowest BCUT2D eigenvalue weighted by Crippen LogP contribution is -2.32. The number of methoxy groups -OCH3 is 2. The highest BCUT2D eigenvalue weighted by Gasteiger charge is 2.27. The van der Waals surface area contributed by atoms with Crippen LogP contribution < -0.4 is 24.5 Å². The molecule has 1 aliphatic rings. The molecular formula is C31H32N6O5. The first-order valence-electron chi connectivity index (χ1n) is 13.8. The molecule has 216 valence electrons. The van der Waals surface area contributed by atoms with E-state index in [0.717, 1.165) is 39.3 Å². The zero-order chi connectivity index (χ0) is 29.1. The summed E-state index contributed by atoms with van der Waals surface area (Å²) in [6.45, 7) is 3.69. The number of aromatic amines is 1. The zero-order valence-electron chi connectivity index (χ0n) is 23.7. The molecule has 11 heteroatoms. The summed E-state index contributed by atoms with van der Waals surface area (Å²) in [5.41, 5.74) is 3.30. The molecule has 0 aliphatic carbocycles. The van der Waals surface area contributed by atoms with Gasteiger partial charge >= 0.3 is 0 Å². The van der Waals surface area contributed by atoms with E-state index < -0.39 is 0 Å². The summed E-state index contributed by atoms with van der Waals surface area (Å²) in [4.78, 5) is 18.5. The van der Waals surface area contributed by atoms with Crippen molar-refractivity contribution in [1.82, 2.24) is 30.1 Å². The molecule has 1 aliphatic heterocycles. The Balaban J connectivity index is 1.36. The molecular weight excluding hydrogens is 536 g/mol. The van der Waals surface area contributed by atoms with Crippen LogP contribution in [0.5, 0.6) is 23.0 Å². The van der Waals surface area contributed by atoms with Crippen molar-refractivity contribution in [2.24, 2.45) is 0 Å². The topological polar surface area (TPSA) is 117 Å². The maximum absolute atomic E-state index is 13.3. The average molecular weight is 569 g/mol. The third-order valence-electron chi connectivity index (χ3n) is 7.50. The Bertz CT molecular complexity index is 1750. The predicted molar refractivity (Wildman–Crippen MR) is 156 cm³/mol. The van der Waals surface area contributed by atoms with Gasteiger partial charge in [-0.3, -0.25) is 9.69 Å². The monoisotopic (exact) mass is 568 g/mol. The molecule has 3 heterocycles. The third kappa shape index (κ3) is 5.64. The molecule has 0 bridgehead atoms. The van der Waals surface area contributed by atoms with E-state index in [9.17, 15) is 4.79 Å². The Labute approximate surface area is 242 Å². The molecule has 0 unspecified atom stereocenters. The zero-order valence-corrected chi connectivity index (χ0v) is 23.7. The number of hydrogen-bond acceptors (Lipinski definition) is 9. The van der Waals surface area contributed by atoms with Crippen LogP contribution in [-0.4, -0.2) is 51.1 Å². The Kier molecular flexibility index (Phi) is 7.74. The van der Waals surface area contributed by atoms with Crippen molar-refractivity contribution in [3.05, 3.63) is 99.6 Å². The number of H-pyrrole nitrogens is 1. The Morgan fingerprint density at radius 3 is 2.48 bits per heavy atom.